The van der Waals surface area contributed by atoms with Crippen molar-refractivity contribution in [1.29, 1.82) is 0 Å². The van der Waals surface area contributed by atoms with E-state index < -0.39 is 10.0 Å². The van der Waals surface area contributed by atoms with Gasteiger partial charge in [0, 0.05) is 0 Å². The van der Waals surface area contributed by atoms with Crippen molar-refractivity contribution in [2.75, 3.05) is 25.0 Å². The molecule has 2 N–H and O–H groups in total. The number of ether oxygens (including phenoxy) is 3. The Hall–Kier alpha value is -2.37. The van der Waals surface area contributed by atoms with Crippen molar-refractivity contribution in [2.45, 2.75) is 31.1 Å². The molecule has 0 saturated heterocycles. The third-order valence-electron chi connectivity index (χ3n) is 4.64. The van der Waals surface area contributed by atoms with Gasteiger partial charge in [-0.25, -0.2) is 13.4 Å². The first-order valence-electron chi connectivity index (χ1n) is 10.2. The maximum absolute atomic E-state index is 13.1. The Morgan fingerprint density at radius 1 is 1.00 bits per heavy atom. The average Bonchev–Trinajstić information content (AvgIpc) is 2.79. The van der Waals surface area contributed by atoms with Gasteiger partial charge in [-0.2, -0.15) is 4.98 Å². The number of sulfonamides is 1. The summed E-state index contributed by atoms with van der Waals surface area (Å²) in [6, 6.07) is 13.5. The van der Waals surface area contributed by atoms with Gasteiger partial charge in [0.05, 0.1) is 18.6 Å². The van der Waals surface area contributed by atoms with Gasteiger partial charge in [-0.05, 0) is 35.2 Å². The van der Waals surface area contributed by atoms with E-state index in [1.165, 1.54) is 19.2 Å². The summed E-state index contributed by atoms with van der Waals surface area (Å²) in [4.78, 5) is 8.15. The van der Waals surface area contributed by atoms with Crippen molar-refractivity contribution in [1.82, 2.24) is 9.97 Å². The van der Waals surface area contributed by atoms with E-state index in [1.807, 2.05) is 20.8 Å². The molecule has 0 radical (unpaired) electrons. The molecule has 0 spiro atoms. The molecule has 0 aliphatic rings. The van der Waals surface area contributed by atoms with Crippen LogP contribution in [0.3, 0.4) is 0 Å². The van der Waals surface area contributed by atoms with Gasteiger partial charge in [0.1, 0.15) is 12.9 Å². The second-order valence-electron chi connectivity index (χ2n) is 8.06. The maximum atomic E-state index is 13.1. The van der Waals surface area contributed by atoms with Gasteiger partial charge in [-0.15, -0.1) is 0 Å². The van der Waals surface area contributed by atoms with Crippen molar-refractivity contribution < 1.29 is 27.7 Å². The fourth-order valence-electron chi connectivity index (χ4n) is 2.90. The molecule has 0 aliphatic carbocycles. The summed E-state index contributed by atoms with van der Waals surface area (Å²) >= 11 is 0. The summed E-state index contributed by atoms with van der Waals surface area (Å²) in [5.74, 6) is 0.500. The number of nitrogens with zero attached hydrogens (tertiary/aromatic N) is 2. The van der Waals surface area contributed by atoms with Gasteiger partial charge in [0.2, 0.25) is 5.75 Å². The van der Waals surface area contributed by atoms with Crippen LogP contribution in [-0.2, 0) is 15.4 Å². The molecular formula is C23H28N3NaO6S. The Bertz CT molecular complexity index is 1200. The molecule has 0 unspecified atom stereocenters. The van der Waals surface area contributed by atoms with Crippen LogP contribution in [0.15, 0.2) is 59.8 Å². The molecule has 3 rings (SSSR count). The van der Waals surface area contributed by atoms with Crippen molar-refractivity contribution >= 4 is 45.4 Å². The molecule has 0 aliphatic heterocycles. The summed E-state index contributed by atoms with van der Waals surface area (Å²) in [7, 11) is -2.52. The quantitative estimate of drug-likeness (QED) is 0.433. The van der Waals surface area contributed by atoms with Crippen LogP contribution in [-0.4, -0.2) is 73.4 Å². The van der Waals surface area contributed by atoms with Crippen LogP contribution in [0.25, 0.3) is 0 Å². The number of aromatic nitrogens is 2. The van der Waals surface area contributed by atoms with Crippen molar-refractivity contribution in [3.8, 4) is 23.1 Å². The number of anilines is 1. The van der Waals surface area contributed by atoms with Crippen molar-refractivity contribution in [3.05, 3.63) is 60.4 Å². The number of aliphatic hydroxyl groups is 1. The van der Waals surface area contributed by atoms with Crippen LogP contribution < -0.4 is 18.9 Å². The summed E-state index contributed by atoms with van der Waals surface area (Å²) < 4.78 is 45.3. The molecule has 34 heavy (non-hydrogen) atoms. The molecule has 1 heterocycles. The predicted molar refractivity (Wildman–Crippen MR) is 131 cm³/mol. The number of hydrogen-bond donors (Lipinski definition) is 2. The molecule has 0 fully saturated rings. The zero-order valence-electron chi connectivity index (χ0n) is 18.9. The van der Waals surface area contributed by atoms with Gasteiger partial charge < -0.3 is 19.3 Å². The molecule has 9 nitrogen and oxygen atoms in total. The zero-order valence-corrected chi connectivity index (χ0v) is 19.7. The minimum absolute atomic E-state index is 0. The zero-order chi connectivity index (χ0) is 24.1. The Kier molecular flexibility index (Phi) is 9.72. The SMILES string of the molecule is COc1ccccc1Oc1c(NS(=O)(=O)c2ccc(C(C)(C)C)cc2)ncnc1OCCO.[NaH]. The Labute approximate surface area is 221 Å². The second-order valence-corrected chi connectivity index (χ2v) is 9.74. The van der Waals surface area contributed by atoms with Crippen LogP contribution >= 0.6 is 0 Å². The fourth-order valence-corrected chi connectivity index (χ4v) is 3.91. The molecule has 11 heteroatoms. The third-order valence-corrected chi connectivity index (χ3v) is 6.00. The van der Waals surface area contributed by atoms with Gasteiger partial charge in [-0.3, -0.25) is 4.72 Å². The minimum atomic E-state index is -4.00. The summed E-state index contributed by atoms with van der Waals surface area (Å²) in [5, 5.41) is 9.13. The topological polar surface area (TPSA) is 120 Å². The number of para-hydroxylation sites is 2. The monoisotopic (exact) mass is 497 g/mol. The van der Waals surface area contributed by atoms with E-state index in [0.717, 1.165) is 11.9 Å². The van der Waals surface area contributed by atoms with Crippen LogP contribution in [0.2, 0.25) is 0 Å². The van der Waals surface area contributed by atoms with E-state index in [2.05, 4.69) is 14.7 Å². The summed E-state index contributed by atoms with van der Waals surface area (Å²) in [6.07, 6.45) is 1.14. The van der Waals surface area contributed by atoms with Crippen molar-refractivity contribution in [2.24, 2.45) is 0 Å². The van der Waals surface area contributed by atoms with Gasteiger partial charge in [0.25, 0.3) is 15.9 Å². The molecule has 0 saturated carbocycles. The van der Waals surface area contributed by atoms with Crippen molar-refractivity contribution in [3.63, 3.8) is 0 Å². The van der Waals surface area contributed by atoms with E-state index >= 15 is 0 Å². The molecule has 0 bridgehead atoms. The molecule has 1 aromatic heterocycles. The Balaban J connectivity index is 0.00000408. The van der Waals surface area contributed by atoms with Gasteiger partial charge >= 0.3 is 29.6 Å². The fraction of sp³-hybridized carbons (Fsp3) is 0.304. The first-order chi connectivity index (χ1) is 15.7. The van der Waals surface area contributed by atoms with Crippen LogP contribution in [0.4, 0.5) is 5.82 Å². The van der Waals surface area contributed by atoms with E-state index in [1.54, 1.807) is 36.4 Å². The van der Waals surface area contributed by atoms with E-state index in [0.29, 0.717) is 11.5 Å². The molecule has 0 atom stereocenters. The van der Waals surface area contributed by atoms with Crippen LogP contribution in [0.1, 0.15) is 26.3 Å². The molecule has 3 aromatic rings. The number of nitrogens with one attached hydrogen (secondary N) is 1. The van der Waals surface area contributed by atoms with E-state index in [9.17, 15) is 8.42 Å². The van der Waals surface area contributed by atoms with E-state index in [4.69, 9.17) is 19.3 Å². The van der Waals surface area contributed by atoms with Crippen LogP contribution in [0, 0.1) is 0 Å². The number of rotatable bonds is 9. The van der Waals surface area contributed by atoms with Gasteiger partial charge in [0.15, 0.2) is 17.3 Å². The van der Waals surface area contributed by atoms with E-state index in [-0.39, 0.29) is 70.5 Å². The molecule has 178 valence electrons. The Morgan fingerprint density at radius 2 is 1.65 bits per heavy atom. The summed E-state index contributed by atoms with van der Waals surface area (Å²) in [5.41, 5.74) is 0.889. The average molecular weight is 498 g/mol. The Morgan fingerprint density at radius 3 is 2.24 bits per heavy atom. The summed E-state index contributed by atoms with van der Waals surface area (Å²) in [6.45, 7) is 5.81. The standard InChI is InChI=1S/C23H27N3O6S.Na.H/c1-23(2,3)16-9-11-17(12-10-16)33(28,29)26-21-20(22(25-15-24-21)31-14-13-27)32-19-8-6-5-7-18(19)30-4;;/h5-12,15,27H,13-14H2,1-4H3,(H,24,25,26);;. The second kappa shape index (κ2) is 11.9. The number of methoxy groups -OCH3 is 1. The van der Waals surface area contributed by atoms with Crippen LogP contribution in [0.5, 0.6) is 23.1 Å². The molecule has 0 amide bonds. The number of hydrogen-bond acceptors (Lipinski definition) is 8. The molecule has 2 aromatic carbocycles. The first kappa shape index (κ1) is 27.9. The van der Waals surface area contributed by atoms with Gasteiger partial charge in [-0.1, -0.05) is 45.0 Å². The third kappa shape index (κ3) is 6.83. The first-order valence-corrected chi connectivity index (χ1v) is 11.7. The predicted octanol–water partition coefficient (Wildman–Crippen LogP) is 3.10. The number of aliphatic hydroxyl groups excluding tert-OH is 1. The number of benzene rings is 2. The normalized spacial score (nSPS) is 11.3. The molecular weight excluding hydrogens is 469 g/mol.